The number of nitrogens with two attached hydrogens (primary N) is 1. The van der Waals surface area contributed by atoms with Gasteiger partial charge in [-0.1, -0.05) is 6.07 Å². The Labute approximate surface area is 152 Å². The average molecular weight is 357 g/mol. The van der Waals surface area contributed by atoms with Crippen molar-refractivity contribution in [3.8, 4) is 11.6 Å². The van der Waals surface area contributed by atoms with Crippen molar-refractivity contribution in [3.63, 3.8) is 0 Å². The Hall–Kier alpha value is -2.05. The number of amides is 1. The molecule has 0 aliphatic heterocycles. The number of nitrogens with one attached hydrogen (secondary N) is 1. The Morgan fingerprint density at radius 3 is 2.80 bits per heavy atom. The molecule has 0 spiro atoms. The largest absolute Gasteiger partial charge is 0.438 e. The Balaban J connectivity index is 1.72. The molecule has 1 aromatic carbocycles. The second-order valence-electron chi connectivity index (χ2n) is 6.22. The van der Waals surface area contributed by atoms with Crippen LogP contribution in [0.15, 0.2) is 47.5 Å². The van der Waals surface area contributed by atoms with E-state index < -0.39 is 0 Å². The topological polar surface area (TPSA) is 77.2 Å². The highest BCUT2D eigenvalue weighted by Crippen LogP contribution is 2.27. The van der Waals surface area contributed by atoms with Gasteiger partial charge in [-0.25, -0.2) is 4.98 Å². The highest BCUT2D eigenvalue weighted by atomic mass is 32.2. The molecule has 0 radical (unpaired) electrons. The SMILES string of the molecule is CSc1cccc(Oc2ncccc2C(=O)N[C@H]2CC[C@@H](N)CC2)c1. The van der Waals surface area contributed by atoms with Crippen molar-refractivity contribution in [2.24, 2.45) is 5.73 Å². The third-order valence-electron chi connectivity index (χ3n) is 4.38. The van der Waals surface area contributed by atoms with Crippen molar-refractivity contribution >= 4 is 17.7 Å². The van der Waals surface area contributed by atoms with Gasteiger partial charge in [-0.3, -0.25) is 4.79 Å². The van der Waals surface area contributed by atoms with E-state index >= 15 is 0 Å². The van der Waals surface area contributed by atoms with E-state index in [0.717, 1.165) is 30.6 Å². The number of thioether (sulfide) groups is 1. The summed E-state index contributed by atoms with van der Waals surface area (Å²) in [5.74, 6) is 0.846. The molecule has 0 saturated heterocycles. The first kappa shape index (κ1) is 17.8. The number of carbonyl (C=O) groups excluding carboxylic acids is 1. The van der Waals surface area contributed by atoms with Crippen molar-refractivity contribution in [3.05, 3.63) is 48.2 Å². The summed E-state index contributed by atoms with van der Waals surface area (Å²) in [4.78, 5) is 18.0. The van der Waals surface area contributed by atoms with Gasteiger partial charge in [-0.2, -0.15) is 0 Å². The number of benzene rings is 1. The molecule has 25 heavy (non-hydrogen) atoms. The maximum absolute atomic E-state index is 12.7. The zero-order valence-corrected chi connectivity index (χ0v) is 15.1. The first-order valence-corrected chi connectivity index (χ1v) is 9.71. The number of pyridine rings is 1. The highest BCUT2D eigenvalue weighted by Gasteiger charge is 2.22. The van der Waals surface area contributed by atoms with Crippen LogP contribution in [-0.2, 0) is 0 Å². The van der Waals surface area contributed by atoms with E-state index in [-0.39, 0.29) is 18.0 Å². The summed E-state index contributed by atoms with van der Waals surface area (Å²) in [6, 6.07) is 11.6. The Morgan fingerprint density at radius 1 is 1.24 bits per heavy atom. The Kier molecular flexibility index (Phi) is 5.94. The van der Waals surface area contributed by atoms with Gasteiger partial charge in [0.05, 0.1) is 0 Å². The van der Waals surface area contributed by atoms with Gasteiger partial charge in [-0.15, -0.1) is 11.8 Å². The molecule has 3 N–H and O–H groups in total. The van der Waals surface area contributed by atoms with Crippen molar-refractivity contribution in [2.75, 3.05) is 6.26 Å². The van der Waals surface area contributed by atoms with Gasteiger partial charge in [0.2, 0.25) is 5.88 Å². The molecule has 3 rings (SSSR count). The van der Waals surface area contributed by atoms with E-state index in [1.165, 1.54) is 0 Å². The number of hydrogen-bond donors (Lipinski definition) is 2. The third-order valence-corrected chi connectivity index (χ3v) is 5.10. The summed E-state index contributed by atoms with van der Waals surface area (Å²) in [5.41, 5.74) is 6.38. The molecule has 0 bridgehead atoms. The van der Waals surface area contributed by atoms with Gasteiger partial charge in [0.15, 0.2) is 0 Å². The lowest BCUT2D eigenvalue weighted by Gasteiger charge is -2.26. The van der Waals surface area contributed by atoms with Gasteiger partial charge in [0, 0.05) is 23.2 Å². The van der Waals surface area contributed by atoms with Crippen molar-refractivity contribution < 1.29 is 9.53 Å². The van der Waals surface area contributed by atoms with Gasteiger partial charge >= 0.3 is 0 Å². The van der Waals surface area contributed by atoms with Crippen molar-refractivity contribution in [2.45, 2.75) is 42.7 Å². The van der Waals surface area contributed by atoms with Gasteiger partial charge < -0.3 is 15.8 Å². The maximum atomic E-state index is 12.7. The number of aromatic nitrogens is 1. The third kappa shape index (κ3) is 4.74. The molecule has 1 fully saturated rings. The number of ether oxygens (including phenoxy) is 1. The molecule has 1 heterocycles. The van der Waals surface area contributed by atoms with Crippen molar-refractivity contribution in [1.29, 1.82) is 0 Å². The monoisotopic (exact) mass is 357 g/mol. The quantitative estimate of drug-likeness (QED) is 0.800. The van der Waals surface area contributed by atoms with Gasteiger partial charge in [0.25, 0.3) is 5.91 Å². The van der Waals surface area contributed by atoms with E-state index in [4.69, 9.17) is 10.5 Å². The molecule has 1 amide bonds. The van der Waals surface area contributed by atoms with Gasteiger partial charge in [0.1, 0.15) is 11.3 Å². The predicted molar refractivity (Wildman–Crippen MR) is 100 cm³/mol. The van der Waals surface area contributed by atoms with Crippen LogP contribution in [0.3, 0.4) is 0 Å². The highest BCUT2D eigenvalue weighted by molar-refractivity contribution is 7.98. The molecule has 1 aliphatic rings. The molecular weight excluding hydrogens is 334 g/mol. The fourth-order valence-corrected chi connectivity index (χ4v) is 3.40. The standard InChI is InChI=1S/C19H23N3O2S/c1-25-16-5-2-4-15(12-16)24-19-17(6-3-11-21-19)18(23)22-14-9-7-13(20)8-10-14/h2-6,11-14H,7-10,20H2,1H3,(H,22,23)/t13-,14+. The lowest BCUT2D eigenvalue weighted by atomic mass is 9.91. The molecule has 0 unspecified atom stereocenters. The molecule has 1 saturated carbocycles. The zero-order valence-electron chi connectivity index (χ0n) is 14.3. The second kappa shape index (κ2) is 8.36. The summed E-state index contributed by atoms with van der Waals surface area (Å²) in [6.07, 6.45) is 7.36. The summed E-state index contributed by atoms with van der Waals surface area (Å²) in [5, 5.41) is 3.09. The van der Waals surface area contributed by atoms with E-state index in [1.807, 2.05) is 30.5 Å². The molecule has 6 heteroatoms. The molecule has 132 valence electrons. The minimum atomic E-state index is -0.149. The lowest BCUT2D eigenvalue weighted by molar-refractivity contribution is 0.0923. The maximum Gasteiger partial charge on any atom is 0.257 e. The second-order valence-corrected chi connectivity index (χ2v) is 7.10. The molecule has 0 atom stereocenters. The fourth-order valence-electron chi connectivity index (χ4n) is 2.95. The lowest BCUT2D eigenvalue weighted by Crippen LogP contribution is -2.40. The minimum absolute atomic E-state index is 0.149. The average Bonchev–Trinajstić information content (AvgIpc) is 2.64. The first-order chi connectivity index (χ1) is 12.2. The van der Waals surface area contributed by atoms with Crippen molar-refractivity contribution in [1.82, 2.24) is 10.3 Å². The minimum Gasteiger partial charge on any atom is -0.438 e. The van der Waals surface area contributed by atoms with Gasteiger partial charge in [-0.05, 0) is 62.3 Å². The molecule has 1 aromatic heterocycles. The summed E-state index contributed by atoms with van der Waals surface area (Å²) >= 11 is 1.64. The van der Waals surface area contributed by atoms with Crippen LogP contribution < -0.4 is 15.8 Å². The smallest absolute Gasteiger partial charge is 0.257 e. The Morgan fingerprint density at radius 2 is 2.04 bits per heavy atom. The van der Waals surface area contributed by atoms with E-state index in [0.29, 0.717) is 17.2 Å². The molecule has 2 aromatic rings. The van der Waals surface area contributed by atoms with E-state index in [2.05, 4.69) is 10.3 Å². The first-order valence-electron chi connectivity index (χ1n) is 8.49. The van der Waals surface area contributed by atoms with Crippen LogP contribution in [0, 0.1) is 0 Å². The van der Waals surface area contributed by atoms with Crippen LogP contribution >= 0.6 is 11.8 Å². The van der Waals surface area contributed by atoms with Crippen LogP contribution in [0.1, 0.15) is 36.0 Å². The van der Waals surface area contributed by atoms with Crippen LogP contribution in [0.2, 0.25) is 0 Å². The van der Waals surface area contributed by atoms with Crippen LogP contribution in [0.25, 0.3) is 0 Å². The Bertz CT molecular complexity index is 730. The predicted octanol–water partition coefficient (Wildman–Crippen LogP) is 3.60. The summed E-state index contributed by atoms with van der Waals surface area (Å²) in [7, 11) is 0. The molecule has 1 aliphatic carbocycles. The van der Waals surface area contributed by atoms with Crippen LogP contribution in [0.4, 0.5) is 0 Å². The number of nitrogens with zero attached hydrogens (tertiary/aromatic N) is 1. The van der Waals surface area contributed by atoms with E-state index in [9.17, 15) is 4.79 Å². The number of carbonyl (C=O) groups is 1. The molecular formula is C19H23N3O2S. The number of hydrogen-bond acceptors (Lipinski definition) is 5. The zero-order chi connectivity index (χ0) is 17.6. The van der Waals surface area contributed by atoms with E-state index in [1.54, 1.807) is 30.1 Å². The summed E-state index contributed by atoms with van der Waals surface area (Å²) in [6.45, 7) is 0. The molecule has 5 nitrogen and oxygen atoms in total. The fraction of sp³-hybridized carbons (Fsp3) is 0.368. The number of rotatable bonds is 5. The summed E-state index contributed by atoms with van der Waals surface area (Å²) < 4.78 is 5.87. The normalized spacial score (nSPS) is 20.1. The van der Waals surface area contributed by atoms with Crippen LogP contribution in [-0.4, -0.2) is 29.2 Å². The van der Waals surface area contributed by atoms with Crippen LogP contribution in [0.5, 0.6) is 11.6 Å².